The van der Waals surface area contributed by atoms with E-state index in [9.17, 15) is 13.2 Å². The predicted molar refractivity (Wildman–Crippen MR) is 108 cm³/mol. The van der Waals surface area contributed by atoms with Gasteiger partial charge in [-0.1, -0.05) is 18.5 Å². The number of nitrogens with zero attached hydrogens (tertiary/aromatic N) is 2. The van der Waals surface area contributed by atoms with Crippen molar-refractivity contribution in [2.75, 3.05) is 52.5 Å². The topological polar surface area (TPSA) is 79.0 Å². The van der Waals surface area contributed by atoms with Crippen LogP contribution in [0.2, 0.25) is 5.02 Å². The Morgan fingerprint density at radius 1 is 1.21 bits per heavy atom. The number of nitrogens with one attached hydrogen (secondary N) is 1. The van der Waals surface area contributed by atoms with Gasteiger partial charge < -0.3 is 10.1 Å². The quantitative estimate of drug-likeness (QED) is 0.746. The molecule has 1 amide bonds. The summed E-state index contributed by atoms with van der Waals surface area (Å²) in [5.74, 6) is 0.173. The van der Waals surface area contributed by atoms with Crippen LogP contribution in [0.3, 0.4) is 0 Å². The van der Waals surface area contributed by atoms with E-state index in [0.29, 0.717) is 38.8 Å². The number of sulfonamides is 1. The molecule has 0 bridgehead atoms. The van der Waals surface area contributed by atoms with Gasteiger partial charge in [-0.2, -0.15) is 4.31 Å². The Kier molecular flexibility index (Phi) is 7.33. The number of halogens is 1. The molecule has 156 valence electrons. The number of rotatable bonds is 6. The summed E-state index contributed by atoms with van der Waals surface area (Å²) >= 11 is 6.18. The van der Waals surface area contributed by atoms with Gasteiger partial charge in [0.25, 0.3) is 5.91 Å². The highest BCUT2D eigenvalue weighted by atomic mass is 35.5. The molecule has 3 rings (SSSR count). The molecular formula is C19H28ClN3O4S. The largest absolute Gasteiger partial charge is 0.379 e. The molecule has 2 aliphatic heterocycles. The summed E-state index contributed by atoms with van der Waals surface area (Å²) < 4.78 is 32.7. The zero-order valence-corrected chi connectivity index (χ0v) is 17.8. The predicted octanol–water partition coefficient (Wildman–Crippen LogP) is 1.82. The highest BCUT2D eigenvalue weighted by Gasteiger charge is 2.29. The smallest absolute Gasteiger partial charge is 0.252 e. The van der Waals surface area contributed by atoms with Gasteiger partial charge in [-0.25, -0.2) is 8.42 Å². The van der Waals surface area contributed by atoms with Gasteiger partial charge >= 0.3 is 0 Å². The van der Waals surface area contributed by atoms with Crippen LogP contribution in [-0.4, -0.2) is 76.0 Å². The minimum atomic E-state index is -3.62. The van der Waals surface area contributed by atoms with Crippen LogP contribution in [0.15, 0.2) is 23.1 Å². The summed E-state index contributed by atoms with van der Waals surface area (Å²) in [6, 6.07) is 4.35. The van der Waals surface area contributed by atoms with Gasteiger partial charge in [-0.05, 0) is 37.0 Å². The fraction of sp³-hybridized carbons (Fsp3) is 0.632. The van der Waals surface area contributed by atoms with E-state index in [1.807, 2.05) is 0 Å². The summed E-state index contributed by atoms with van der Waals surface area (Å²) in [7, 11) is -3.62. The number of benzene rings is 1. The fourth-order valence-electron chi connectivity index (χ4n) is 3.46. The number of morpholine rings is 1. The van der Waals surface area contributed by atoms with E-state index < -0.39 is 10.0 Å². The molecule has 0 unspecified atom stereocenters. The van der Waals surface area contributed by atoms with Crippen molar-refractivity contribution < 1.29 is 17.9 Å². The maximum Gasteiger partial charge on any atom is 0.252 e. The summed E-state index contributed by atoms with van der Waals surface area (Å²) in [5, 5.41) is 3.08. The highest BCUT2D eigenvalue weighted by molar-refractivity contribution is 7.89. The lowest BCUT2D eigenvalue weighted by Gasteiger charge is -2.29. The lowest BCUT2D eigenvalue weighted by Crippen LogP contribution is -2.41. The third-order valence-corrected chi connectivity index (χ3v) is 7.60. The minimum absolute atomic E-state index is 0.116. The molecule has 1 N–H and O–H groups in total. The molecule has 2 aliphatic rings. The van der Waals surface area contributed by atoms with Gasteiger partial charge in [0.1, 0.15) is 0 Å². The molecule has 0 atom stereocenters. The number of piperidine rings is 1. The van der Waals surface area contributed by atoms with Crippen molar-refractivity contribution in [3.05, 3.63) is 28.8 Å². The molecule has 28 heavy (non-hydrogen) atoms. The van der Waals surface area contributed by atoms with Crippen LogP contribution in [0.1, 0.15) is 30.1 Å². The molecule has 0 aromatic heterocycles. The molecular weight excluding hydrogens is 402 g/mol. The van der Waals surface area contributed by atoms with Crippen molar-refractivity contribution in [1.82, 2.24) is 14.5 Å². The van der Waals surface area contributed by atoms with Gasteiger partial charge in [-0.15, -0.1) is 0 Å². The number of ether oxygens (including phenoxy) is 1. The minimum Gasteiger partial charge on any atom is -0.379 e. The Morgan fingerprint density at radius 2 is 1.89 bits per heavy atom. The molecule has 9 heteroatoms. The van der Waals surface area contributed by atoms with E-state index in [1.165, 1.54) is 22.5 Å². The number of carbonyl (C=O) groups excluding carboxylic acids is 1. The fourth-order valence-corrected chi connectivity index (χ4v) is 5.16. The zero-order valence-electron chi connectivity index (χ0n) is 16.2. The van der Waals surface area contributed by atoms with E-state index in [0.717, 1.165) is 32.5 Å². The average Bonchev–Trinajstić information content (AvgIpc) is 2.69. The molecule has 0 spiro atoms. The first-order valence-electron chi connectivity index (χ1n) is 9.76. The van der Waals surface area contributed by atoms with E-state index in [1.54, 1.807) is 0 Å². The Morgan fingerprint density at radius 3 is 2.57 bits per heavy atom. The molecule has 0 aliphatic carbocycles. The molecule has 0 radical (unpaired) electrons. The lowest BCUT2D eigenvalue weighted by atomic mass is 10.0. The van der Waals surface area contributed by atoms with Gasteiger partial charge in [0.05, 0.1) is 28.7 Å². The Bertz CT molecular complexity index is 788. The van der Waals surface area contributed by atoms with Crippen molar-refractivity contribution in [3.63, 3.8) is 0 Å². The van der Waals surface area contributed by atoms with E-state index >= 15 is 0 Å². The number of amides is 1. The van der Waals surface area contributed by atoms with E-state index in [-0.39, 0.29) is 21.4 Å². The number of hydrogen-bond acceptors (Lipinski definition) is 5. The van der Waals surface area contributed by atoms with Crippen molar-refractivity contribution in [2.24, 2.45) is 5.92 Å². The number of carbonyl (C=O) groups is 1. The maximum absolute atomic E-state index is 12.9. The van der Waals surface area contributed by atoms with Gasteiger partial charge in [0.15, 0.2) is 0 Å². The summed E-state index contributed by atoms with van der Waals surface area (Å²) in [5.41, 5.74) is 0.190. The Labute approximate surface area is 172 Å². The molecule has 2 heterocycles. The molecule has 0 saturated carbocycles. The molecule has 7 nitrogen and oxygen atoms in total. The van der Waals surface area contributed by atoms with Crippen LogP contribution in [0.5, 0.6) is 0 Å². The third kappa shape index (κ3) is 5.24. The van der Waals surface area contributed by atoms with E-state index in [2.05, 4.69) is 17.1 Å². The average molecular weight is 430 g/mol. The van der Waals surface area contributed by atoms with Crippen LogP contribution in [0.4, 0.5) is 0 Å². The molecule has 1 aromatic carbocycles. The Hall–Kier alpha value is -1.19. The van der Waals surface area contributed by atoms with E-state index in [4.69, 9.17) is 16.3 Å². The second-order valence-corrected chi connectivity index (χ2v) is 9.78. The van der Waals surface area contributed by atoms with Crippen LogP contribution in [0, 0.1) is 5.92 Å². The normalized spacial score (nSPS) is 20.2. The first-order valence-corrected chi connectivity index (χ1v) is 11.6. The standard InChI is InChI=1S/C19H28ClN3O4S/c1-15-4-7-23(8-5-15)28(25,26)16-2-3-18(20)17(14-16)19(24)21-6-9-22-10-12-27-13-11-22/h2-3,14-15H,4-13H2,1H3,(H,21,24). The maximum atomic E-state index is 12.9. The summed E-state index contributed by atoms with van der Waals surface area (Å²) in [6.07, 6.45) is 1.70. The zero-order chi connectivity index (χ0) is 20.1. The van der Waals surface area contributed by atoms with Crippen molar-refractivity contribution in [2.45, 2.75) is 24.7 Å². The highest BCUT2D eigenvalue weighted by Crippen LogP contribution is 2.26. The van der Waals surface area contributed by atoms with Gasteiger partial charge in [-0.3, -0.25) is 9.69 Å². The third-order valence-electron chi connectivity index (χ3n) is 5.38. The Balaban J connectivity index is 1.65. The second kappa shape index (κ2) is 9.54. The van der Waals surface area contributed by atoms with Crippen LogP contribution >= 0.6 is 11.6 Å². The SMILES string of the molecule is CC1CCN(S(=O)(=O)c2ccc(Cl)c(C(=O)NCCN3CCOCC3)c2)CC1. The first-order chi connectivity index (χ1) is 13.4. The number of hydrogen-bond donors (Lipinski definition) is 1. The van der Waals surface area contributed by atoms with Crippen LogP contribution in [-0.2, 0) is 14.8 Å². The lowest BCUT2D eigenvalue weighted by molar-refractivity contribution is 0.0383. The first kappa shape index (κ1) is 21.5. The van der Waals surface area contributed by atoms with Crippen molar-refractivity contribution in [1.29, 1.82) is 0 Å². The molecule has 1 aromatic rings. The van der Waals surface area contributed by atoms with Crippen LogP contribution in [0.25, 0.3) is 0 Å². The summed E-state index contributed by atoms with van der Waals surface area (Å²) in [6.45, 7) is 7.43. The van der Waals surface area contributed by atoms with Crippen LogP contribution < -0.4 is 5.32 Å². The van der Waals surface area contributed by atoms with Gasteiger partial charge in [0, 0.05) is 39.3 Å². The second-order valence-electron chi connectivity index (χ2n) is 7.44. The molecule has 2 saturated heterocycles. The van der Waals surface area contributed by atoms with Crippen molar-refractivity contribution in [3.8, 4) is 0 Å². The van der Waals surface area contributed by atoms with Gasteiger partial charge in [0.2, 0.25) is 10.0 Å². The monoisotopic (exact) mass is 429 g/mol. The summed E-state index contributed by atoms with van der Waals surface area (Å²) in [4.78, 5) is 14.9. The van der Waals surface area contributed by atoms with Crippen molar-refractivity contribution >= 4 is 27.5 Å². The molecule has 2 fully saturated rings.